The number of hydrogen-bond donors (Lipinski definition) is 3. The zero-order valence-electron chi connectivity index (χ0n) is 10.7. The molecule has 6 heteroatoms. The first-order valence-electron chi connectivity index (χ1n) is 5.73. The second kappa shape index (κ2) is 6.20. The molecule has 0 aliphatic heterocycles. The monoisotopic (exact) mass is 254 g/mol. The van der Waals surface area contributed by atoms with Crippen molar-refractivity contribution in [3.63, 3.8) is 0 Å². The van der Waals surface area contributed by atoms with Gasteiger partial charge in [-0.1, -0.05) is 0 Å². The Morgan fingerprint density at radius 2 is 2.11 bits per heavy atom. The normalized spacial score (nSPS) is 10.7. The molecular formula is C12H18N2O4. The molecule has 3 N–H and O–H groups in total. The predicted octanol–water partition coefficient (Wildman–Crippen LogP) is 0.900. The van der Waals surface area contributed by atoms with Crippen molar-refractivity contribution in [3.05, 3.63) is 23.2 Å². The number of furan rings is 1. The summed E-state index contributed by atoms with van der Waals surface area (Å²) in [7, 11) is 0. The molecule has 6 nitrogen and oxygen atoms in total. The number of rotatable bonds is 6. The van der Waals surface area contributed by atoms with Gasteiger partial charge in [0.25, 0.3) is 0 Å². The van der Waals surface area contributed by atoms with Crippen molar-refractivity contribution in [2.45, 2.75) is 33.4 Å². The lowest BCUT2D eigenvalue weighted by Gasteiger charge is -2.08. The fourth-order valence-electron chi connectivity index (χ4n) is 1.52. The average Bonchev–Trinajstić information content (AvgIpc) is 2.58. The van der Waals surface area contributed by atoms with E-state index in [4.69, 9.17) is 9.52 Å². The molecule has 0 atom stereocenters. The van der Waals surface area contributed by atoms with Crippen LogP contribution in [0.2, 0.25) is 0 Å². The van der Waals surface area contributed by atoms with E-state index in [-0.39, 0.29) is 24.3 Å². The Bertz CT molecular complexity index is 437. The van der Waals surface area contributed by atoms with Gasteiger partial charge in [0.05, 0.1) is 13.1 Å². The van der Waals surface area contributed by atoms with Gasteiger partial charge in [0.15, 0.2) is 0 Å². The number of aromatic carboxylic acids is 1. The van der Waals surface area contributed by atoms with Gasteiger partial charge in [-0.3, -0.25) is 4.79 Å². The van der Waals surface area contributed by atoms with Crippen molar-refractivity contribution in [2.24, 2.45) is 0 Å². The van der Waals surface area contributed by atoms with Crippen molar-refractivity contribution in [1.29, 1.82) is 0 Å². The Kier molecular flexibility index (Phi) is 4.91. The molecule has 1 amide bonds. The highest BCUT2D eigenvalue weighted by Gasteiger charge is 2.14. The third-order valence-electron chi connectivity index (χ3n) is 2.20. The van der Waals surface area contributed by atoms with Crippen molar-refractivity contribution in [1.82, 2.24) is 10.6 Å². The second-order valence-electron chi connectivity index (χ2n) is 4.36. The predicted molar refractivity (Wildman–Crippen MR) is 65.4 cm³/mol. The van der Waals surface area contributed by atoms with Gasteiger partial charge in [0, 0.05) is 11.6 Å². The van der Waals surface area contributed by atoms with E-state index in [2.05, 4.69) is 10.6 Å². The van der Waals surface area contributed by atoms with E-state index >= 15 is 0 Å². The first-order chi connectivity index (χ1) is 8.40. The summed E-state index contributed by atoms with van der Waals surface area (Å²) < 4.78 is 5.15. The summed E-state index contributed by atoms with van der Waals surface area (Å²) in [4.78, 5) is 22.1. The lowest BCUT2D eigenvalue weighted by molar-refractivity contribution is -0.120. The maximum atomic E-state index is 11.3. The lowest BCUT2D eigenvalue weighted by atomic mass is 10.2. The van der Waals surface area contributed by atoms with Gasteiger partial charge in [-0.25, -0.2) is 4.79 Å². The quantitative estimate of drug-likeness (QED) is 0.701. The Morgan fingerprint density at radius 3 is 2.61 bits per heavy atom. The van der Waals surface area contributed by atoms with Gasteiger partial charge < -0.3 is 20.2 Å². The van der Waals surface area contributed by atoms with Crippen molar-refractivity contribution >= 4 is 11.9 Å². The zero-order valence-corrected chi connectivity index (χ0v) is 10.7. The summed E-state index contributed by atoms with van der Waals surface area (Å²) >= 11 is 0. The minimum absolute atomic E-state index is 0.0570. The summed E-state index contributed by atoms with van der Waals surface area (Å²) in [5.41, 5.74) is 0.575. The Labute approximate surface area is 105 Å². The largest absolute Gasteiger partial charge is 0.475 e. The van der Waals surface area contributed by atoms with Gasteiger partial charge in [0.1, 0.15) is 5.76 Å². The molecule has 0 bridgehead atoms. The van der Waals surface area contributed by atoms with Gasteiger partial charge in [-0.15, -0.1) is 0 Å². The SMILES string of the molecule is Cc1cc(CNCC(=O)NC(C)C)oc1C(=O)O. The molecule has 1 heterocycles. The smallest absolute Gasteiger partial charge is 0.372 e. The number of aryl methyl sites for hydroxylation is 1. The van der Waals surface area contributed by atoms with Crippen LogP contribution in [-0.4, -0.2) is 29.6 Å². The molecule has 1 rings (SSSR count). The number of carbonyl (C=O) groups is 2. The molecule has 0 unspecified atom stereocenters. The van der Waals surface area contributed by atoms with E-state index in [0.29, 0.717) is 17.9 Å². The van der Waals surface area contributed by atoms with E-state index in [1.807, 2.05) is 13.8 Å². The summed E-state index contributed by atoms with van der Waals surface area (Å²) in [5, 5.41) is 14.4. The highest BCUT2D eigenvalue weighted by atomic mass is 16.4. The van der Waals surface area contributed by atoms with Gasteiger partial charge >= 0.3 is 5.97 Å². The van der Waals surface area contributed by atoms with Crippen LogP contribution in [0.5, 0.6) is 0 Å². The topological polar surface area (TPSA) is 91.6 Å². The Balaban J connectivity index is 2.42. The first kappa shape index (κ1) is 14.2. The number of hydrogen-bond acceptors (Lipinski definition) is 4. The number of carbonyl (C=O) groups excluding carboxylic acids is 1. The van der Waals surface area contributed by atoms with E-state index in [9.17, 15) is 9.59 Å². The van der Waals surface area contributed by atoms with E-state index in [0.717, 1.165) is 0 Å². The molecule has 0 radical (unpaired) electrons. The van der Waals surface area contributed by atoms with Crippen LogP contribution in [-0.2, 0) is 11.3 Å². The van der Waals surface area contributed by atoms with Crippen LogP contribution in [0.1, 0.15) is 35.7 Å². The Morgan fingerprint density at radius 1 is 1.44 bits per heavy atom. The van der Waals surface area contributed by atoms with E-state index in [1.54, 1.807) is 13.0 Å². The highest BCUT2D eigenvalue weighted by Crippen LogP contribution is 2.14. The third kappa shape index (κ3) is 4.21. The van der Waals surface area contributed by atoms with Crippen LogP contribution < -0.4 is 10.6 Å². The average molecular weight is 254 g/mol. The van der Waals surface area contributed by atoms with Crippen molar-refractivity contribution < 1.29 is 19.1 Å². The standard InChI is InChI=1S/C12H18N2O4/c1-7(2)14-10(15)6-13-5-9-4-8(3)11(18-9)12(16)17/h4,7,13H,5-6H2,1-3H3,(H,14,15)(H,16,17). The van der Waals surface area contributed by atoms with Crippen LogP contribution in [0.25, 0.3) is 0 Å². The van der Waals surface area contributed by atoms with Crippen LogP contribution >= 0.6 is 0 Å². The van der Waals surface area contributed by atoms with Crippen LogP contribution in [0.4, 0.5) is 0 Å². The number of amides is 1. The molecule has 0 aromatic carbocycles. The molecule has 0 spiro atoms. The van der Waals surface area contributed by atoms with Crippen LogP contribution in [0, 0.1) is 6.92 Å². The molecule has 0 saturated heterocycles. The number of carboxylic acid groups (broad SMARTS) is 1. The molecule has 0 aliphatic carbocycles. The molecule has 18 heavy (non-hydrogen) atoms. The van der Waals surface area contributed by atoms with E-state index in [1.165, 1.54) is 0 Å². The second-order valence-corrected chi connectivity index (χ2v) is 4.36. The zero-order chi connectivity index (χ0) is 13.7. The third-order valence-corrected chi connectivity index (χ3v) is 2.20. The van der Waals surface area contributed by atoms with Gasteiger partial charge in [0.2, 0.25) is 11.7 Å². The van der Waals surface area contributed by atoms with Gasteiger partial charge in [-0.05, 0) is 26.8 Å². The van der Waals surface area contributed by atoms with Gasteiger partial charge in [-0.2, -0.15) is 0 Å². The first-order valence-corrected chi connectivity index (χ1v) is 5.73. The molecule has 100 valence electrons. The lowest BCUT2D eigenvalue weighted by Crippen LogP contribution is -2.37. The van der Waals surface area contributed by atoms with E-state index < -0.39 is 5.97 Å². The molecule has 0 fully saturated rings. The fraction of sp³-hybridized carbons (Fsp3) is 0.500. The molecule has 0 aliphatic rings. The van der Waals surface area contributed by atoms with Crippen molar-refractivity contribution in [3.8, 4) is 0 Å². The summed E-state index contributed by atoms with van der Waals surface area (Å²) in [5.74, 6) is -0.747. The summed E-state index contributed by atoms with van der Waals surface area (Å²) in [6.07, 6.45) is 0. The molecule has 1 aromatic rings. The number of nitrogens with one attached hydrogen (secondary N) is 2. The van der Waals surface area contributed by atoms with Crippen molar-refractivity contribution in [2.75, 3.05) is 6.54 Å². The molecule has 1 aromatic heterocycles. The molecular weight excluding hydrogens is 236 g/mol. The Hall–Kier alpha value is -1.82. The molecule has 0 saturated carbocycles. The highest BCUT2D eigenvalue weighted by molar-refractivity contribution is 5.86. The van der Waals surface area contributed by atoms with Crippen LogP contribution in [0.15, 0.2) is 10.5 Å². The summed E-state index contributed by atoms with van der Waals surface area (Å²) in [6, 6.07) is 1.75. The maximum Gasteiger partial charge on any atom is 0.372 e. The summed E-state index contributed by atoms with van der Waals surface area (Å²) in [6.45, 7) is 5.92. The van der Waals surface area contributed by atoms with Crippen LogP contribution in [0.3, 0.4) is 0 Å². The number of carboxylic acids is 1. The minimum atomic E-state index is -1.09. The fourth-order valence-corrected chi connectivity index (χ4v) is 1.52. The maximum absolute atomic E-state index is 11.3. The minimum Gasteiger partial charge on any atom is -0.475 e.